The zero-order valence-electron chi connectivity index (χ0n) is 18.1. The van der Waals surface area contributed by atoms with Crippen LogP contribution in [0.5, 0.6) is 5.88 Å². The summed E-state index contributed by atoms with van der Waals surface area (Å²) in [5.74, 6) is -1.07. The zero-order chi connectivity index (χ0) is 22.2. The number of hydrogen-bond acceptors (Lipinski definition) is 7. The fraction of sp³-hybridized carbons (Fsp3) is 0.455. The Bertz CT molecular complexity index is 1150. The Morgan fingerprint density at radius 1 is 1.22 bits per heavy atom. The van der Waals surface area contributed by atoms with E-state index in [1.165, 1.54) is 32.2 Å². The number of nitrogens with one attached hydrogen (secondary N) is 2. The van der Waals surface area contributed by atoms with Crippen molar-refractivity contribution >= 4 is 28.2 Å². The van der Waals surface area contributed by atoms with Crippen molar-refractivity contribution < 1.29 is 13.9 Å². The number of carbonyl (C=O) groups excluding carboxylic acids is 1. The molecule has 9 nitrogen and oxygen atoms in total. The van der Waals surface area contributed by atoms with E-state index in [0.717, 1.165) is 37.0 Å². The molecule has 1 saturated carbocycles. The third kappa shape index (κ3) is 3.97. The van der Waals surface area contributed by atoms with Crippen LogP contribution in [0.1, 0.15) is 36.0 Å². The lowest BCUT2D eigenvalue weighted by molar-refractivity contribution is 0.102. The van der Waals surface area contributed by atoms with Crippen LogP contribution >= 0.6 is 0 Å². The molecule has 0 unspecified atom stereocenters. The Morgan fingerprint density at radius 3 is 2.69 bits per heavy atom. The molecule has 0 radical (unpaired) electrons. The van der Waals surface area contributed by atoms with Gasteiger partial charge in [-0.3, -0.25) is 9.48 Å². The summed E-state index contributed by atoms with van der Waals surface area (Å²) in [6, 6.07) is 4.20. The molecule has 32 heavy (non-hydrogen) atoms. The van der Waals surface area contributed by atoms with Gasteiger partial charge in [-0.2, -0.15) is 10.2 Å². The fourth-order valence-corrected chi connectivity index (χ4v) is 4.34. The number of fused-ring (bicyclic) bond motifs is 1. The Balaban J connectivity index is 1.44. The van der Waals surface area contributed by atoms with E-state index >= 15 is 4.39 Å². The second kappa shape index (κ2) is 8.34. The Morgan fingerprint density at radius 2 is 1.97 bits per heavy atom. The van der Waals surface area contributed by atoms with Crippen molar-refractivity contribution in [3.8, 4) is 5.88 Å². The molecule has 1 saturated heterocycles. The predicted molar refractivity (Wildman–Crippen MR) is 119 cm³/mol. The number of ether oxygens (including phenoxy) is 1. The Hall–Kier alpha value is -3.27. The van der Waals surface area contributed by atoms with Gasteiger partial charge in [-0.05, 0) is 37.8 Å². The molecule has 1 aromatic carbocycles. The number of methoxy groups -OCH3 is 1. The van der Waals surface area contributed by atoms with Gasteiger partial charge in [0.2, 0.25) is 0 Å². The number of piperidine rings is 1. The van der Waals surface area contributed by atoms with Crippen LogP contribution in [0, 0.1) is 5.82 Å². The first-order valence-corrected chi connectivity index (χ1v) is 10.9. The van der Waals surface area contributed by atoms with Crippen LogP contribution in [0.2, 0.25) is 0 Å². The van der Waals surface area contributed by atoms with E-state index in [9.17, 15) is 4.79 Å². The normalized spacial score (nSPS) is 17.0. The minimum absolute atomic E-state index is 0.103. The quantitative estimate of drug-likeness (QED) is 0.609. The molecule has 0 spiro atoms. The summed E-state index contributed by atoms with van der Waals surface area (Å²) in [7, 11) is 3.19. The number of anilines is 2. The number of aromatic nitrogens is 4. The molecule has 2 aliphatic rings. The third-order valence-electron chi connectivity index (χ3n) is 6.08. The topological polar surface area (TPSA) is 97.2 Å². The lowest BCUT2D eigenvalue weighted by Gasteiger charge is -2.34. The average Bonchev–Trinajstić information content (AvgIpc) is 3.52. The molecule has 0 atom stereocenters. The number of amides is 1. The number of carbonyl (C=O) groups is 1. The van der Waals surface area contributed by atoms with Gasteiger partial charge in [-0.15, -0.1) is 5.10 Å². The number of aryl methyl sites for hydroxylation is 1. The first-order valence-electron chi connectivity index (χ1n) is 10.9. The summed E-state index contributed by atoms with van der Waals surface area (Å²) in [4.78, 5) is 15.2. The highest BCUT2D eigenvalue weighted by molar-refractivity contribution is 6.14. The van der Waals surface area contributed by atoms with Gasteiger partial charge in [0.1, 0.15) is 22.6 Å². The van der Waals surface area contributed by atoms with Crippen molar-refractivity contribution in [3.63, 3.8) is 0 Å². The van der Waals surface area contributed by atoms with Crippen molar-refractivity contribution in [3.05, 3.63) is 35.9 Å². The van der Waals surface area contributed by atoms with Crippen LogP contribution in [0.3, 0.4) is 0 Å². The number of nitrogens with zero attached hydrogens (tertiary/aromatic N) is 5. The first kappa shape index (κ1) is 20.6. The molecule has 1 aliphatic carbocycles. The van der Waals surface area contributed by atoms with Gasteiger partial charge in [0.05, 0.1) is 19.0 Å². The Labute approximate surface area is 184 Å². The second-order valence-corrected chi connectivity index (χ2v) is 8.43. The maximum absolute atomic E-state index is 15.3. The van der Waals surface area contributed by atoms with Gasteiger partial charge < -0.3 is 20.3 Å². The van der Waals surface area contributed by atoms with E-state index in [1.807, 2.05) is 6.20 Å². The molecule has 3 heterocycles. The maximum Gasteiger partial charge on any atom is 0.261 e. The van der Waals surface area contributed by atoms with Crippen LogP contribution in [-0.2, 0) is 7.05 Å². The minimum atomic E-state index is -0.614. The van der Waals surface area contributed by atoms with E-state index in [-0.39, 0.29) is 11.4 Å². The van der Waals surface area contributed by atoms with Crippen LogP contribution in [0.15, 0.2) is 24.5 Å². The molecule has 168 valence electrons. The minimum Gasteiger partial charge on any atom is -0.478 e. The van der Waals surface area contributed by atoms with E-state index in [4.69, 9.17) is 4.74 Å². The molecule has 5 rings (SSSR count). The largest absolute Gasteiger partial charge is 0.478 e. The molecule has 2 fully saturated rings. The Kier molecular flexibility index (Phi) is 5.38. The fourth-order valence-electron chi connectivity index (χ4n) is 4.34. The van der Waals surface area contributed by atoms with Crippen LogP contribution in [0.25, 0.3) is 10.9 Å². The molecular weight excluding hydrogens is 413 g/mol. The molecule has 10 heteroatoms. The standard InChI is InChI=1S/C22H26FN7O2/c1-29-12-15-18(30-9-6-14(7-10-30)25-13-3-4-13)11-16(23)19(20(15)28-29)21(31)26-17-5-8-24-27-22(17)32-2/h5,8,11-14,25H,3-4,6-7,9-10H2,1-2H3,(H,24,26,31). The molecular formula is C22H26FN7O2. The van der Waals surface area contributed by atoms with E-state index in [0.29, 0.717) is 23.3 Å². The number of halogens is 1. The highest BCUT2D eigenvalue weighted by Gasteiger charge is 2.29. The summed E-state index contributed by atoms with van der Waals surface area (Å²) in [6.45, 7) is 1.67. The van der Waals surface area contributed by atoms with Crippen LogP contribution in [0.4, 0.5) is 15.8 Å². The zero-order valence-corrected chi connectivity index (χ0v) is 18.1. The summed E-state index contributed by atoms with van der Waals surface area (Å²) in [5, 5.41) is 19.1. The summed E-state index contributed by atoms with van der Waals surface area (Å²) < 4.78 is 22.1. The molecule has 1 aliphatic heterocycles. The van der Waals surface area contributed by atoms with E-state index in [1.54, 1.807) is 17.8 Å². The van der Waals surface area contributed by atoms with Gasteiger partial charge in [0, 0.05) is 43.8 Å². The lowest BCUT2D eigenvalue weighted by Crippen LogP contribution is -2.43. The summed E-state index contributed by atoms with van der Waals surface area (Å²) in [6.07, 6.45) is 7.83. The SMILES string of the molecule is COc1nnccc1NC(=O)c1c(F)cc(N2CCC(NC3CC3)CC2)c2cn(C)nc12. The van der Waals surface area contributed by atoms with Crippen molar-refractivity contribution in [1.82, 2.24) is 25.3 Å². The first-order chi connectivity index (χ1) is 15.5. The third-order valence-corrected chi connectivity index (χ3v) is 6.08. The summed E-state index contributed by atoms with van der Waals surface area (Å²) >= 11 is 0. The maximum atomic E-state index is 15.3. The van der Waals surface area contributed by atoms with E-state index in [2.05, 4.69) is 30.8 Å². The summed E-state index contributed by atoms with van der Waals surface area (Å²) in [5.41, 5.74) is 1.31. The van der Waals surface area contributed by atoms with E-state index < -0.39 is 11.7 Å². The van der Waals surface area contributed by atoms with Gasteiger partial charge in [0.25, 0.3) is 11.8 Å². The van der Waals surface area contributed by atoms with Gasteiger partial charge in [0.15, 0.2) is 0 Å². The molecule has 3 aromatic rings. The average molecular weight is 439 g/mol. The van der Waals surface area contributed by atoms with Gasteiger partial charge in [-0.25, -0.2) is 4.39 Å². The van der Waals surface area contributed by atoms with Crippen LogP contribution < -0.4 is 20.3 Å². The molecule has 2 aromatic heterocycles. The van der Waals surface area contributed by atoms with Crippen molar-refractivity contribution in [1.29, 1.82) is 0 Å². The van der Waals surface area contributed by atoms with Crippen molar-refractivity contribution in [2.45, 2.75) is 37.8 Å². The molecule has 2 N–H and O–H groups in total. The smallest absolute Gasteiger partial charge is 0.261 e. The monoisotopic (exact) mass is 439 g/mol. The highest BCUT2D eigenvalue weighted by atomic mass is 19.1. The van der Waals surface area contributed by atoms with Gasteiger partial charge >= 0.3 is 0 Å². The highest BCUT2D eigenvalue weighted by Crippen LogP contribution is 2.34. The predicted octanol–water partition coefficient (Wildman–Crippen LogP) is 2.48. The number of rotatable bonds is 6. The number of benzene rings is 1. The number of hydrogen-bond donors (Lipinski definition) is 2. The van der Waals surface area contributed by atoms with Crippen molar-refractivity contribution in [2.24, 2.45) is 7.05 Å². The molecule has 1 amide bonds. The van der Waals surface area contributed by atoms with Crippen LogP contribution in [-0.4, -0.2) is 58.2 Å². The lowest BCUT2D eigenvalue weighted by atomic mass is 10.0. The van der Waals surface area contributed by atoms with Gasteiger partial charge in [-0.1, -0.05) is 0 Å². The molecule has 0 bridgehead atoms. The second-order valence-electron chi connectivity index (χ2n) is 8.43. The van der Waals surface area contributed by atoms with Crippen molar-refractivity contribution in [2.75, 3.05) is 30.4 Å².